The molecule has 2 aromatic rings. The van der Waals surface area contributed by atoms with E-state index in [0.717, 1.165) is 40.6 Å². The van der Waals surface area contributed by atoms with E-state index in [1.807, 2.05) is 0 Å². The van der Waals surface area contributed by atoms with E-state index in [9.17, 15) is 0 Å². The highest BCUT2D eigenvalue weighted by Crippen LogP contribution is 2.18. The lowest BCUT2D eigenvalue weighted by Gasteiger charge is -2.15. The van der Waals surface area contributed by atoms with Crippen LogP contribution in [0.15, 0.2) is 4.99 Å². The summed E-state index contributed by atoms with van der Waals surface area (Å²) in [5, 5.41) is 25.6. The van der Waals surface area contributed by atoms with Crippen molar-refractivity contribution in [3.63, 3.8) is 0 Å². The number of hydrogen-bond acceptors (Lipinski definition) is 6. The van der Waals surface area contributed by atoms with E-state index in [-0.39, 0.29) is 24.0 Å². The Hall–Kier alpha value is -1.30. The van der Waals surface area contributed by atoms with Crippen molar-refractivity contribution < 1.29 is 0 Å². The molecule has 10 heteroatoms. The molecule has 0 spiro atoms. The molecule has 0 fully saturated rings. The highest BCUT2D eigenvalue weighted by atomic mass is 127. The summed E-state index contributed by atoms with van der Waals surface area (Å²) in [6.07, 6.45) is 3.42. The van der Waals surface area contributed by atoms with Crippen LogP contribution in [0, 0.1) is 0 Å². The van der Waals surface area contributed by atoms with Crippen LogP contribution in [0.3, 0.4) is 0 Å². The minimum absolute atomic E-state index is 0. The molecule has 8 nitrogen and oxygen atoms in total. The molecular weight excluding hydrogens is 451 g/mol. The molecular formula is C15H25IN8S. The van der Waals surface area contributed by atoms with Gasteiger partial charge in [0, 0.05) is 25.9 Å². The van der Waals surface area contributed by atoms with E-state index in [2.05, 4.69) is 54.4 Å². The highest BCUT2D eigenvalue weighted by Gasteiger charge is 2.15. The van der Waals surface area contributed by atoms with Crippen molar-refractivity contribution in [1.29, 1.82) is 0 Å². The third-order valence-electron chi connectivity index (χ3n) is 3.96. The number of nitrogens with one attached hydrogen (secondary N) is 2. The Morgan fingerprint density at radius 3 is 2.68 bits per heavy atom. The largest absolute Gasteiger partial charge is 0.350 e. The molecule has 0 aliphatic carbocycles. The SMILES string of the molecule is CN=C(NCc1nnc(C(C)C)s1)NCc1nnc2n1CCCC2.I. The third-order valence-corrected chi connectivity index (χ3v) is 5.18. The predicted octanol–water partition coefficient (Wildman–Crippen LogP) is 2.07. The number of fused-ring (bicyclic) bond motifs is 1. The fourth-order valence-corrected chi connectivity index (χ4v) is 3.40. The Kier molecular flexibility index (Phi) is 7.54. The molecule has 3 rings (SSSR count). The maximum absolute atomic E-state index is 4.29. The van der Waals surface area contributed by atoms with Gasteiger partial charge in [0.15, 0.2) is 11.8 Å². The first-order chi connectivity index (χ1) is 11.7. The quantitative estimate of drug-likeness (QED) is 0.390. The van der Waals surface area contributed by atoms with Crippen LogP contribution in [0.2, 0.25) is 0 Å². The van der Waals surface area contributed by atoms with Gasteiger partial charge in [-0.15, -0.1) is 44.4 Å². The topological polar surface area (TPSA) is 92.9 Å². The molecule has 25 heavy (non-hydrogen) atoms. The summed E-state index contributed by atoms with van der Waals surface area (Å²) in [7, 11) is 1.76. The van der Waals surface area contributed by atoms with E-state index in [1.165, 1.54) is 12.8 Å². The number of rotatable bonds is 5. The smallest absolute Gasteiger partial charge is 0.191 e. The Bertz CT molecular complexity index is 708. The monoisotopic (exact) mass is 476 g/mol. The summed E-state index contributed by atoms with van der Waals surface area (Å²) >= 11 is 1.63. The fraction of sp³-hybridized carbons (Fsp3) is 0.667. The number of halogens is 1. The zero-order valence-electron chi connectivity index (χ0n) is 14.8. The van der Waals surface area contributed by atoms with E-state index >= 15 is 0 Å². The number of nitrogens with zero attached hydrogens (tertiary/aromatic N) is 6. The second-order valence-electron chi connectivity index (χ2n) is 6.11. The average Bonchev–Trinajstić information content (AvgIpc) is 3.22. The number of aliphatic imine (C=N–C) groups is 1. The van der Waals surface area contributed by atoms with Crippen LogP contribution in [0.25, 0.3) is 0 Å². The Labute approximate surface area is 169 Å². The van der Waals surface area contributed by atoms with Gasteiger partial charge in [-0.05, 0) is 12.8 Å². The first kappa shape index (κ1) is 20.0. The van der Waals surface area contributed by atoms with Gasteiger partial charge in [-0.25, -0.2) is 0 Å². The Morgan fingerprint density at radius 1 is 1.16 bits per heavy atom. The number of aryl methyl sites for hydroxylation is 1. The molecule has 0 saturated heterocycles. The van der Waals surface area contributed by atoms with Gasteiger partial charge in [0.1, 0.15) is 15.8 Å². The predicted molar refractivity (Wildman–Crippen MR) is 109 cm³/mol. The molecule has 0 unspecified atom stereocenters. The Morgan fingerprint density at radius 2 is 1.96 bits per heavy atom. The van der Waals surface area contributed by atoms with Crippen molar-refractivity contribution in [2.45, 2.75) is 58.7 Å². The summed E-state index contributed by atoms with van der Waals surface area (Å²) in [6.45, 7) is 6.48. The zero-order valence-corrected chi connectivity index (χ0v) is 18.0. The lowest BCUT2D eigenvalue weighted by atomic mass is 10.2. The normalized spacial score (nSPS) is 14.2. The van der Waals surface area contributed by atoms with Gasteiger partial charge in [-0.2, -0.15) is 0 Å². The molecule has 138 valence electrons. The molecule has 2 aromatic heterocycles. The molecule has 0 radical (unpaired) electrons. The molecule has 2 N–H and O–H groups in total. The maximum atomic E-state index is 4.29. The van der Waals surface area contributed by atoms with Crippen LogP contribution < -0.4 is 10.6 Å². The van der Waals surface area contributed by atoms with Gasteiger partial charge in [0.05, 0.1) is 13.1 Å². The van der Waals surface area contributed by atoms with Crippen LogP contribution in [0.1, 0.15) is 54.3 Å². The summed E-state index contributed by atoms with van der Waals surface area (Å²) in [5.41, 5.74) is 0. The van der Waals surface area contributed by atoms with Gasteiger partial charge in [0.2, 0.25) is 0 Å². The van der Waals surface area contributed by atoms with Crippen molar-refractivity contribution in [2.24, 2.45) is 4.99 Å². The number of hydrogen-bond donors (Lipinski definition) is 2. The first-order valence-corrected chi connectivity index (χ1v) is 9.16. The number of guanidine groups is 1. The van der Waals surface area contributed by atoms with Crippen molar-refractivity contribution in [3.05, 3.63) is 21.7 Å². The summed E-state index contributed by atoms with van der Waals surface area (Å²) < 4.78 is 2.21. The van der Waals surface area contributed by atoms with Gasteiger partial charge in [0.25, 0.3) is 0 Å². The van der Waals surface area contributed by atoms with Crippen LogP contribution in [0.5, 0.6) is 0 Å². The van der Waals surface area contributed by atoms with E-state index < -0.39 is 0 Å². The first-order valence-electron chi connectivity index (χ1n) is 8.35. The Balaban J connectivity index is 0.00000225. The van der Waals surface area contributed by atoms with Crippen molar-refractivity contribution in [3.8, 4) is 0 Å². The van der Waals surface area contributed by atoms with Crippen LogP contribution >= 0.6 is 35.3 Å². The van der Waals surface area contributed by atoms with Crippen LogP contribution in [0.4, 0.5) is 0 Å². The lowest BCUT2D eigenvalue weighted by molar-refractivity contribution is 0.504. The second-order valence-corrected chi connectivity index (χ2v) is 7.20. The van der Waals surface area contributed by atoms with Crippen molar-refractivity contribution in [2.75, 3.05) is 7.05 Å². The minimum atomic E-state index is 0. The third kappa shape index (κ3) is 5.09. The minimum Gasteiger partial charge on any atom is -0.350 e. The van der Waals surface area contributed by atoms with Gasteiger partial charge in [-0.1, -0.05) is 25.2 Å². The highest BCUT2D eigenvalue weighted by molar-refractivity contribution is 14.0. The zero-order chi connectivity index (χ0) is 16.9. The molecule has 0 aromatic carbocycles. The molecule has 0 bridgehead atoms. The van der Waals surface area contributed by atoms with E-state index in [4.69, 9.17) is 0 Å². The van der Waals surface area contributed by atoms with Crippen molar-refractivity contribution >= 4 is 41.3 Å². The standard InChI is InChI=1S/C15H24N8S.HI/c1-10(2)14-22-21-13(24-14)9-18-15(16-3)17-8-12-20-19-11-6-4-5-7-23(11)12;/h10H,4-9H2,1-3H3,(H2,16,17,18);1H. The van der Waals surface area contributed by atoms with Gasteiger partial charge < -0.3 is 15.2 Å². The molecule has 1 aliphatic heterocycles. The summed E-state index contributed by atoms with van der Waals surface area (Å²) in [5.74, 6) is 3.19. The average molecular weight is 476 g/mol. The molecule has 3 heterocycles. The summed E-state index contributed by atoms with van der Waals surface area (Å²) in [4.78, 5) is 4.25. The second kappa shape index (κ2) is 9.41. The number of aromatic nitrogens is 5. The van der Waals surface area contributed by atoms with Crippen LogP contribution in [-0.2, 0) is 26.1 Å². The molecule has 0 amide bonds. The van der Waals surface area contributed by atoms with E-state index in [1.54, 1.807) is 18.4 Å². The lowest BCUT2D eigenvalue weighted by Crippen LogP contribution is -2.37. The van der Waals surface area contributed by atoms with Gasteiger partial charge >= 0.3 is 0 Å². The van der Waals surface area contributed by atoms with Crippen LogP contribution in [-0.4, -0.2) is 38.0 Å². The maximum Gasteiger partial charge on any atom is 0.191 e. The van der Waals surface area contributed by atoms with E-state index in [0.29, 0.717) is 19.0 Å². The molecule has 0 atom stereocenters. The summed E-state index contributed by atoms with van der Waals surface area (Å²) in [6, 6.07) is 0. The van der Waals surface area contributed by atoms with Gasteiger partial charge in [-0.3, -0.25) is 4.99 Å². The molecule has 0 saturated carbocycles. The molecule has 1 aliphatic rings. The van der Waals surface area contributed by atoms with Crippen molar-refractivity contribution in [1.82, 2.24) is 35.6 Å². The fourth-order valence-electron chi connectivity index (χ4n) is 2.61.